The summed E-state index contributed by atoms with van der Waals surface area (Å²) in [6.45, 7) is 0.0285. The smallest absolute Gasteiger partial charge is 0.405 e. The molecule has 1 saturated heterocycles. The molecule has 0 spiro atoms. The molecule has 0 unspecified atom stereocenters. The first-order valence-electron chi connectivity index (χ1n) is 6.74. The second kappa shape index (κ2) is 6.69. The van der Waals surface area contributed by atoms with Crippen LogP contribution in [0.5, 0.6) is 0 Å². The molecule has 1 fully saturated rings. The van der Waals surface area contributed by atoms with Crippen LogP contribution < -0.4 is 5.32 Å². The van der Waals surface area contributed by atoms with E-state index in [0.717, 1.165) is 17.0 Å². The van der Waals surface area contributed by atoms with Crippen LogP contribution in [0.15, 0.2) is 24.3 Å². The van der Waals surface area contributed by atoms with E-state index in [1.54, 1.807) is 0 Å². The number of aliphatic hydroxyl groups excluding tert-OH is 1. The highest BCUT2D eigenvalue weighted by molar-refractivity contribution is 5.86. The minimum atomic E-state index is -1.50. The Morgan fingerprint density at radius 3 is 2.45 bits per heavy atom. The zero-order valence-corrected chi connectivity index (χ0v) is 11.6. The molecule has 120 valence electrons. The lowest BCUT2D eigenvalue weighted by molar-refractivity contribution is -0.135. The van der Waals surface area contributed by atoms with Crippen molar-refractivity contribution in [1.82, 2.24) is 10.2 Å². The summed E-state index contributed by atoms with van der Waals surface area (Å²) >= 11 is 0. The van der Waals surface area contributed by atoms with Crippen molar-refractivity contribution in [2.75, 3.05) is 13.1 Å². The average Bonchev–Trinajstić information content (AvgIpc) is 2.90. The van der Waals surface area contributed by atoms with E-state index < -0.39 is 36.1 Å². The Bertz CT molecular complexity index is 552. The van der Waals surface area contributed by atoms with Gasteiger partial charge in [-0.25, -0.2) is 13.6 Å². The molecule has 0 aromatic heterocycles. The SMILES string of the molecule is O=C(O)N[C@H](C(=O)N1CC[C@H](F)C1)[C@H](O)c1ccc(F)cc1. The molecule has 8 heteroatoms. The van der Waals surface area contributed by atoms with Crippen LogP contribution in [0, 0.1) is 5.82 Å². The van der Waals surface area contributed by atoms with Crippen LogP contribution in [0.25, 0.3) is 0 Å². The van der Waals surface area contributed by atoms with Crippen LogP contribution in [0.2, 0.25) is 0 Å². The van der Waals surface area contributed by atoms with Crippen LogP contribution in [0.4, 0.5) is 13.6 Å². The van der Waals surface area contributed by atoms with Crippen molar-refractivity contribution in [1.29, 1.82) is 0 Å². The van der Waals surface area contributed by atoms with E-state index in [9.17, 15) is 23.5 Å². The zero-order chi connectivity index (χ0) is 16.3. The number of hydrogen-bond acceptors (Lipinski definition) is 3. The van der Waals surface area contributed by atoms with Crippen molar-refractivity contribution in [2.24, 2.45) is 0 Å². The lowest BCUT2D eigenvalue weighted by Crippen LogP contribution is -2.50. The average molecular weight is 314 g/mol. The first-order valence-corrected chi connectivity index (χ1v) is 6.74. The van der Waals surface area contributed by atoms with Gasteiger partial charge >= 0.3 is 6.09 Å². The number of carbonyl (C=O) groups is 2. The normalized spacial score (nSPS) is 20.5. The van der Waals surface area contributed by atoms with Crippen LogP contribution in [0.1, 0.15) is 18.1 Å². The zero-order valence-electron chi connectivity index (χ0n) is 11.6. The maximum Gasteiger partial charge on any atom is 0.405 e. The topological polar surface area (TPSA) is 89.9 Å². The van der Waals surface area contributed by atoms with Gasteiger partial charge < -0.3 is 20.4 Å². The Morgan fingerprint density at radius 1 is 1.32 bits per heavy atom. The van der Waals surface area contributed by atoms with Crippen LogP contribution in [0.3, 0.4) is 0 Å². The van der Waals surface area contributed by atoms with E-state index in [-0.39, 0.29) is 25.1 Å². The Kier molecular flexibility index (Phi) is 4.92. The molecular weight excluding hydrogens is 298 g/mol. The molecule has 1 aliphatic rings. The van der Waals surface area contributed by atoms with Crippen molar-refractivity contribution in [3.8, 4) is 0 Å². The summed E-state index contributed by atoms with van der Waals surface area (Å²) < 4.78 is 26.1. The molecular formula is C14H16F2N2O4. The number of aliphatic hydroxyl groups is 1. The van der Waals surface area contributed by atoms with Gasteiger partial charge in [0.25, 0.3) is 0 Å². The summed E-state index contributed by atoms with van der Waals surface area (Å²) in [7, 11) is 0. The number of rotatable bonds is 4. The third kappa shape index (κ3) is 3.70. The molecule has 22 heavy (non-hydrogen) atoms. The van der Waals surface area contributed by atoms with E-state index >= 15 is 0 Å². The van der Waals surface area contributed by atoms with Gasteiger partial charge in [-0.3, -0.25) is 4.79 Å². The number of carbonyl (C=O) groups excluding carboxylic acids is 1. The van der Waals surface area contributed by atoms with Crippen molar-refractivity contribution < 1.29 is 28.6 Å². The lowest BCUT2D eigenvalue weighted by Gasteiger charge is -2.26. The number of benzene rings is 1. The predicted octanol–water partition coefficient (Wildman–Crippen LogP) is 1.07. The molecule has 0 bridgehead atoms. The second-order valence-electron chi connectivity index (χ2n) is 5.09. The van der Waals surface area contributed by atoms with Gasteiger partial charge in [0.2, 0.25) is 5.91 Å². The summed E-state index contributed by atoms with van der Waals surface area (Å²) in [5.74, 6) is -1.23. The van der Waals surface area contributed by atoms with E-state index in [1.807, 2.05) is 5.32 Å². The van der Waals surface area contributed by atoms with E-state index in [1.165, 1.54) is 12.1 Å². The van der Waals surface area contributed by atoms with Gasteiger partial charge in [0.05, 0.1) is 6.54 Å². The van der Waals surface area contributed by atoms with Gasteiger partial charge in [-0.05, 0) is 24.1 Å². The highest BCUT2D eigenvalue weighted by Gasteiger charge is 2.36. The number of hydrogen-bond donors (Lipinski definition) is 3. The molecule has 6 nitrogen and oxygen atoms in total. The molecule has 1 heterocycles. The van der Waals surface area contributed by atoms with E-state index in [2.05, 4.69) is 0 Å². The number of carboxylic acid groups (broad SMARTS) is 1. The molecule has 1 aliphatic heterocycles. The summed E-state index contributed by atoms with van der Waals surface area (Å²) in [4.78, 5) is 24.3. The molecule has 0 radical (unpaired) electrons. The fraction of sp³-hybridized carbons (Fsp3) is 0.429. The second-order valence-corrected chi connectivity index (χ2v) is 5.09. The quantitative estimate of drug-likeness (QED) is 0.775. The summed E-state index contributed by atoms with van der Waals surface area (Å²) in [5, 5.41) is 21.0. The van der Waals surface area contributed by atoms with Gasteiger partial charge in [0.15, 0.2) is 0 Å². The van der Waals surface area contributed by atoms with Crippen LogP contribution >= 0.6 is 0 Å². The first-order chi connectivity index (χ1) is 10.4. The minimum Gasteiger partial charge on any atom is -0.465 e. The van der Waals surface area contributed by atoms with Gasteiger partial charge in [0, 0.05) is 6.54 Å². The number of amides is 2. The van der Waals surface area contributed by atoms with Crippen LogP contribution in [-0.4, -0.2) is 52.4 Å². The Balaban J connectivity index is 2.19. The monoisotopic (exact) mass is 314 g/mol. The predicted molar refractivity (Wildman–Crippen MR) is 72.4 cm³/mol. The molecule has 3 N–H and O–H groups in total. The van der Waals surface area contributed by atoms with Crippen LogP contribution in [-0.2, 0) is 4.79 Å². The van der Waals surface area contributed by atoms with Crippen molar-refractivity contribution in [3.63, 3.8) is 0 Å². The summed E-state index contributed by atoms with van der Waals surface area (Å²) in [6.07, 6.45) is -3.96. The Morgan fingerprint density at radius 2 is 1.95 bits per heavy atom. The molecule has 2 amide bonds. The molecule has 3 atom stereocenters. The maximum absolute atomic E-state index is 13.2. The number of alkyl halides is 1. The molecule has 2 rings (SSSR count). The van der Waals surface area contributed by atoms with Crippen molar-refractivity contribution >= 4 is 12.0 Å². The lowest BCUT2D eigenvalue weighted by atomic mass is 10.0. The van der Waals surface area contributed by atoms with E-state index in [0.29, 0.717) is 0 Å². The fourth-order valence-electron chi connectivity index (χ4n) is 2.38. The largest absolute Gasteiger partial charge is 0.465 e. The van der Waals surface area contributed by atoms with Gasteiger partial charge in [-0.2, -0.15) is 0 Å². The molecule has 0 saturated carbocycles. The van der Waals surface area contributed by atoms with Gasteiger partial charge in [-0.15, -0.1) is 0 Å². The number of nitrogens with zero attached hydrogens (tertiary/aromatic N) is 1. The molecule has 1 aromatic rings. The number of halogens is 2. The highest BCUT2D eigenvalue weighted by Crippen LogP contribution is 2.21. The summed E-state index contributed by atoms with van der Waals surface area (Å²) in [5.41, 5.74) is 0.185. The number of nitrogens with one attached hydrogen (secondary N) is 1. The maximum atomic E-state index is 13.2. The third-order valence-electron chi connectivity index (χ3n) is 3.51. The highest BCUT2D eigenvalue weighted by atomic mass is 19.1. The first kappa shape index (κ1) is 16.2. The minimum absolute atomic E-state index is 0.132. The van der Waals surface area contributed by atoms with Gasteiger partial charge in [-0.1, -0.05) is 12.1 Å². The Hall–Kier alpha value is -2.22. The fourth-order valence-corrected chi connectivity index (χ4v) is 2.38. The summed E-state index contributed by atoms with van der Waals surface area (Å²) in [6, 6.07) is 3.22. The van der Waals surface area contributed by atoms with E-state index in [4.69, 9.17) is 5.11 Å². The third-order valence-corrected chi connectivity index (χ3v) is 3.51. The standard InChI is InChI=1S/C14H16F2N2O4/c15-9-3-1-8(2-4-9)12(19)11(17-14(21)22)13(20)18-6-5-10(16)7-18/h1-4,10-12,17,19H,5-7H2,(H,21,22)/t10-,11-,12+/m0/s1. The molecule has 0 aliphatic carbocycles. The van der Waals surface area contributed by atoms with Gasteiger partial charge in [0.1, 0.15) is 24.1 Å². The molecule has 1 aromatic carbocycles. The van der Waals surface area contributed by atoms with Crippen molar-refractivity contribution in [3.05, 3.63) is 35.6 Å². The van der Waals surface area contributed by atoms with Crippen molar-refractivity contribution in [2.45, 2.75) is 24.7 Å². The number of likely N-dealkylation sites (tertiary alicyclic amines) is 1. The Labute approximate surface area is 125 Å².